The fraction of sp³-hybridized carbons (Fsp3) is 0.300. The standard InChI is InChI=1S/C20H23N7O2/c1-13-11-26(8-9-27(13)20(29)15-6-7-22-12-23-15)17-10-16(24-25-19(17)21)14-4-2-3-5-18(14)28/h2-7,10,12-13,20,28-29H,8-9,11H2,1H3,(H2,21,25). The zero-order chi connectivity index (χ0) is 20.4. The highest BCUT2D eigenvalue weighted by Gasteiger charge is 2.31. The van der Waals surface area contributed by atoms with Crippen LogP contribution in [0.5, 0.6) is 5.75 Å². The maximum absolute atomic E-state index is 10.7. The van der Waals surface area contributed by atoms with E-state index in [1.165, 1.54) is 6.33 Å². The van der Waals surface area contributed by atoms with Crippen molar-refractivity contribution in [3.05, 3.63) is 54.6 Å². The Kier molecular flexibility index (Phi) is 5.24. The lowest BCUT2D eigenvalue weighted by Crippen LogP contribution is -2.53. The largest absolute Gasteiger partial charge is 0.507 e. The maximum Gasteiger partial charge on any atom is 0.169 e. The number of aromatic hydroxyl groups is 1. The Morgan fingerprint density at radius 2 is 2.00 bits per heavy atom. The Labute approximate surface area is 168 Å². The topological polar surface area (TPSA) is 125 Å². The molecule has 1 aliphatic heterocycles. The van der Waals surface area contributed by atoms with Gasteiger partial charge in [-0.2, -0.15) is 0 Å². The van der Waals surface area contributed by atoms with E-state index in [2.05, 4.69) is 25.1 Å². The number of benzene rings is 1. The molecule has 4 rings (SSSR count). The molecule has 3 heterocycles. The SMILES string of the molecule is CC1CN(c2cc(-c3ccccc3O)nnc2N)CCN1C(O)c1ccncn1. The zero-order valence-corrected chi connectivity index (χ0v) is 16.0. The van der Waals surface area contributed by atoms with E-state index in [1.54, 1.807) is 30.5 Å². The quantitative estimate of drug-likeness (QED) is 0.603. The van der Waals surface area contributed by atoms with Crippen molar-refractivity contribution in [3.63, 3.8) is 0 Å². The van der Waals surface area contributed by atoms with Crippen molar-refractivity contribution in [2.24, 2.45) is 0 Å². The number of aliphatic hydroxyl groups is 1. The van der Waals surface area contributed by atoms with Gasteiger partial charge in [-0.05, 0) is 31.2 Å². The summed E-state index contributed by atoms with van der Waals surface area (Å²) in [6.07, 6.45) is 2.26. The summed E-state index contributed by atoms with van der Waals surface area (Å²) in [4.78, 5) is 12.2. The normalized spacial score (nSPS) is 18.6. The Morgan fingerprint density at radius 3 is 2.72 bits per heavy atom. The van der Waals surface area contributed by atoms with E-state index < -0.39 is 6.23 Å². The third-order valence-electron chi connectivity index (χ3n) is 5.18. The van der Waals surface area contributed by atoms with Crippen LogP contribution in [-0.2, 0) is 0 Å². The van der Waals surface area contributed by atoms with Gasteiger partial charge in [-0.3, -0.25) is 4.90 Å². The molecular weight excluding hydrogens is 370 g/mol. The molecule has 0 bridgehead atoms. The molecule has 4 N–H and O–H groups in total. The highest BCUT2D eigenvalue weighted by Crippen LogP contribution is 2.32. The van der Waals surface area contributed by atoms with Crippen LogP contribution in [0.3, 0.4) is 0 Å². The van der Waals surface area contributed by atoms with E-state index in [0.717, 1.165) is 5.69 Å². The molecule has 0 saturated carbocycles. The average molecular weight is 393 g/mol. The molecule has 3 aromatic rings. The monoisotopic (exact) mass is 393 g/mol. The van der Waals surface area contributed by atoms with Crippen molar-refractivity contribution in [1.29, 1.82) is 0 Å². The smallest absolute Gasteiger partial charge is 0.169 e. The molecule has 0 radical (unpaired) electrons. The van der Waals surface area contributed by atoms with Gasteiger partial charge < -0.3 is 20.8 Å². The Morgan fingerprint density at radius 1 is 1.17 bits per heavy atom. The molecule has 0 aliphatic carbocycles. The molecule has 29 heavy (non-hydrogen) atoms. The van der Waals surface area contributed by atoms with E-state index in [0.29, 0.717) is 42.4 Å². The van der Waals surface area contributed by atoms with Crippen molar-refractivity contribution >= 4 is 11.5 Å². The van der Waals surface area contributed by atoms with Crippen molar-refractivity contribution in [3.8, 4) is 17.0 Å². The predicted molar refractivity (Wildman–Crippen MR) is 109 cm³/mol. The second kappa shape index (κ2) is 7.98. The number of phenols is 1. The minimum atomic E-state index is -0.792. The number of rotatable bonds is 4. The van der Waals surface area contributed by atoms with E-state index >= 15 is 0 Å². The number of aliphatic hydroxyl groups excluding tert-OH is 1. The number of para-hydroxylation sites is 1. The van der Waals surface area contributed by atoms with Crippen LogP contribution in [0.15, 0.2) is 48.9 Å². The number of phenolic OH excluding ortho intramolecular Hbond substituents is 1. The fourth-order valence-corrected chi connectivity index (χ4v) is 3.64. The minimum absolute atomic E-state index is 0.0508. The lowest BCUT2D eigenvalue weighted by Gasteiger charge is -2.42. The number of hydrogen-bond donors (Lipinski definition) is 3. The van der Waals surface area contributed by atoms with Gasteiger partial charge in [0.05, 0.1) is 17.1 Å². The number of nitrogen functional groups attached to an aromatic ring is 1. The van der Waals surface area contributed by atoms with Crippen LogP contribution < -0.4 is 10.6 Å². The van der Waals surface area contributed by atoms with Crippen LogP contribution in [0.25, 0.3) is 11.3 Å². The second-order valence-electron chi connectivity index (χ2n) is 7.06. The number of anilines is 2. The molecule has 0 amide bonds. The molecule has 2 unspecified atom stereocenters. The van der Waals surface area contributed by atoms with Crippen LogP contribution in [0.4, 0.5) is 11.5 Å². The van der Waals surface area contributed by atoms with Crippen molar-refractivity contribution in [2.75, 3.05) is 30.3 Å². The number of nitrogens with two attached hydrogens (primary N) is 1. The third kappa shape index (κ3) is 3.82. The summed E-state index contributed by atoms with van der Waals surface area (Å²) in [6, 6.07) is 10.6. The molecule has 2 atom stereocenters. The van der Waals surface area contributed by atoms with Gasteiger partial charge in [0.2, 0.25) is 0 Å². The molecule has 9 heteroatoms. The highest BCUT2D eigenvalue weighted by atomic mass is 16.3. The van der Waals surface area contributed by atoms with Crippen LogP contribution in [0.1, 0.15) is 18.8 Å². The molecule has 150 valence electrons. The van der Waals surface area contributed by atoms with E-state index in [1.807, 2.05) is 24.0 Å². The summed E-state index contributed by atoms with van der Waals surface area (Å²) in [5.41, 5.74) is 8.61. The Bertz CT molecular complexity index is 986. The number of piperazine rings is 1. The summed E-state index contributed by atoms with van der Waals surface area (Å²) >= 11 is 0. The molecule has 1 aliphatic rings. The lowest BCUT2D eigenvalue weighted by atomic mass is 10.1. The summed E-state index contributed by atoms with van der Waals surface area (Å²) in [6.45, 7) is 3.98. The lowest BCUT2D eigenvalue weighted by molar-refractivity contribution is -0.0308. The van der Waals surface area contributed by atoms with Gasteiger partial charge in [0.25, 0.3) is 0 Å². The predicted octanol–water partition coefficient (Wildman–Crippen LogP) is 1.42. The van der Waals surface area contributed by atoms with Crippen molar-refractivity contribution in [1.82, 2.24) is 25.1 Å². The van der Waals surface area contributed by atoms with Crippen molar-refractivity contribution in [2.45, 2.75) is 19.2 Å². The van der Waals surface area contributed by atoms with Crippen LogP contribution >= 0.6 is 0 Å². The third-order valence-corrected chi connectivity index (χ3v) is 5.18. The first kappa shape index (κ1) is 19.0. The van der Waals surface area contributed by atoms with Crippen LogP contribution in [-0.4, -0.2) is 61.0 Å². The van der Waals surface area contributed by atoms with Gasteiger partial charge in [0, 0.05) is 37.4 Å². The zero-order valence-electron chi connectivity index (χ0n) is 16.0. The molecule has 0 spiro atoms. The fourth-order valence-electron chi connectivity index (χ4n) is 3.64. The molecule has 1 aromatic carbocycles. The molecule has 1 saturated heterocycles. The van der Waals surface area contributed by atoms with Gasteiger partial charge in [0.1, 0.15) is 12.1 Å². The number of nitrogens with zero attached hydrogens (tertiary/aromatic N) is 6. The Hall–Kier alpha value is -3.30. The molecule has 9 nitrogen and oxygen atoms in total. The molecular formula is C20H23N7O2. The second-order valence-corrected chi connectivity index (χ2v) is 7.06. The summed E-state index contributed by atoms with van der Waals surface area (Å²) in [5.74, 6) is 0.477. The van der Waals surface area contributed by atoms with Gasteiger partial charge in [-0.1, -0.05) is 12.1 Å². The molecule has 1 fully saturated rings. The maximum atomic E-state index is 10.7. The first-order chi connectivity index (χ1) is 14.0. The highest BCUT2D eigenvalue weighted by molar-refractivity contribution is 5.74. The first-order valence-corrected chi connectivity index (χ1v) is 9.41. The molecule has 2 aromatic heterocycles. The van der Waals surface area contributed by atoms with Crippen LogP contribution in [0.2, 0.25) is 0 Å². The number of aromatic nitrogens is 4. The average Bonchev–Trinajstić information content (AvgIpc) is 2.75. The van der Waals surface area contributed by atoms with Crippen molar-refractivity contribution < 1.29 is 10.2 Å². The van der Waals surface area contributed by atoms with Crippen LogP contribution in [0, 0.1) is 0 Å². The van der Waals surface area contributed by atoms with Gasteiger partial charge in [-0.15, -0.1) is 10.2 Å². The summed E-state index contributed by atoms with van der Waals surface area (Å²) < 4.78 is 0. The van der Waals surface area contributed by atoms with E-state index in [-0.39, 0.29) is 11.8 Å². The van der Waals surface area contributed by atoms with E-state index in [9.17, 15) is 10.2 Å². The Balaban J connectivity index is 1.55. The summed E-state index contributed by atoms with van der Waals surface area (Å²) in [7, 11) is 0. The summed E-state index contributed by atoms with van der Waals surface area (Å²) in [5, 5.41) is 29.0. The number of hydrogen-bond acceptors (Lipinski definition) is 9. The van der Waals surface area contributed by atoms with Gasteiger partial charge >= 0.3 is 0 Å². The van der Waals surface area contributed by atoms with E-state index in [4.69, 9.17) is 5.73 Å². The minimum Gasteiger partial charge on any atom is -0.507 e. The first-order valence-electron chi connectivity index (χ1n) is 9.41. The van der Waals surface area contributed by atoms with Gasteiger partial charge in [0.15, 0.2) is 12.0 Å². The van der Waals surface area contributed by atoms with Gasteiger partial charge in [-0.25, -0.2) is 9.97 Å².